The highest BCUT2D eigenvalue weighted by atomic mass is 16.5. The first-order valence-corrected chi connectivity index (χ1v) is 8.80. The lowest BCUT2D eigenvalue weighted by Crippen LogP contribution is -2.35. The molecule has 0 radical (unpaired) electrons. The highest BCUT2D eigenvalue weighted by Gasteiger charge is 2.18. The van der Waals surface area contributed by atoms with Gasteiger partial charge in [0.05, 0.1) is 5.69 Å². The van der Waals surface area contributed by atoms with Crippen molar-refractivity contribution in [3.8, 4) is 11.9 Å². The predicted molar refractivity (Wildman–Crippen MR) is 94.1 cm³/mol. The van der Waals surface area contributed by atoms with Crippen molar-refractivity contribution in [2.24, 2.45) is 0 Å². The molecular formula is C18H28N4O2. The molecule has 0 aromatic carbocycles. The molecule has 6 heteroatoms. The van der Waals surface area contributed by atoms with Gasteiger partial charge in [0, 0.05) is 24.8 Å². The highest BCUT2D eigenvalue weighted by Crippen LogP contribution is 2.27. The minimum Gasteiger partial charge on any atom is -0.474 e. The van der Waals surface area contributed by atoms with Crippen LogP contribution in [-0.4, -0.2) is 41.4 Å². The Balaban J connectivity index is 1.97. The van der Waals surface area contributed by atoms with Gasteiger partial charge in [0.2, 0.25) is 5.88 Å². The number of aliphatic hydroxyl groups excluding tert-OH is 1. The predicted octanol–water partition coefficient (Wildman–Crippen LogP) is 2.44. The lowest BCUT2D eigenvalue weighted by molar-refractivity contribution is 0.102. The second-order valence-corrected chi connectivity index (χ2v) is 6.66. The molecule has 6 nitrogen and oxygen atoms in total. The summed E-state index contributed by atoms with van der Waals surface area (Å²) in [6.07, 6.45) is 6.99. The fraction of sp³-hybridized carbons (Fsp3) is 0.667. The van der Waals surface area contributed by atoms with Crippen LogP contribution in [0.1, 0.15) is 51.5 Å². The number of ether oxygens (including phenoxy) is 1. The zero-order valence-corrected chi connectivity index (χ0v) is 14.6. The molecule has 1 heterocycles. The lowest BCUT2D eigenvalue weighted by atomic mass is 9.95. The van der Waals surface area contributed by atoms with E-state index in [1.807, 2.05) is 19.9 Å². The lowest BCUT2D eigenvalue weighted by Gasteiger charge is -2.24. The zero-order chi connectivity index (χ0) is 17.4. The van der Waals surface area contributed by atoms with E-state index in [2.05, 4.69) is 21.7 Å². The number of hydrogen-bond donors (Lipinski definition) is 3. The molecule has 0 saturated heterocycles. The minimum atomic E-state index is -0.643. The fourth-order valence-electron chi connectivity index (χ4n) is 2.85. The van der Waals surface area contributed by atoms with E-state index >= 15 is 0 Å². The molecular weight excluding hydrogens is 304 g/mol. The number of nitriles is 1. The molecule has 1 aliphatic rings. The molecule has 0 aliphatic heterocycles. The van der Waals surface area contributed by atoms with Crippen LogP contribution >= 0.6 is 0 Å². The standard InChI is InChI=1S/C18H28N4O2/c1-13(2)21-11-15(23)12-24-18-16(10-19)17(8-9-20-18)22-14-6-4-3-5-7-14/h8-9,13-15,21,23H,3-7,11-12H2,1-2H3,(H,20,22). The van der Waals surface area contributed by atoms with Gasteiger partial charge in [0.25, 0.3) is 0 Å². The number of pyridine rings is 1. The molecule has 2 rings (SSSR count). The summed E-state index contributed by atoms with van der Waals surface area (Å²) < 4.78 is 5.59. The van der Waals surface area contributed by atoms with E-state index in [4.69, 9.17) is 4.74 Å². The molecule has 3 N–H and O–H groups in total. The van der Waals surface area contributed by atoms with Gasteiger partial charge in [0.1, 0.15) is 24.3 Å². The average molecular weight is 332 g/mol. The van der Waals surface area contributed by atoms with Crippen LogP contribution in [0.15, 0.2) is 12.3 Å². The molecule has 1 saturated carbocycles. The Bertz CT molecular complexity index is 550. The van der Waals surface area contributed by atoms with E-state index in [1.165, 1.54) is 19.3 Å². The number of nitrogens with zero attached hydrogens (tertiary/aromatic N) is 2. The molecule has 1 atom stereocenters. The SMILES string of the molecule is CC(C)NCC(O)COc1nccc(NC2CCCCC2)c1C#N. The second-order valence-electron chi connectivity index (χ2n) is 6.66. The van der Waals surface area contributed by atoms with Crippen molar-refractivity contribution in [1.82, 2.24) is 10.3 Å². The van der Waals surface area contributed by atoms with Crippen LogP contribution < -0.4 is 15.4 Å². The highest BCUT2D eigenvalue weighted by molar-refractivity contribution is 5.61. The largest absolute Gasteiger partial charge is 0.474 e. The van der Waals surface area contributed by atoms with E-state index < -0.39 is 6.10 Å². The molecule has 1 unspecified atom stereocenters. The van der Waals surface area contributed by atoms with Crippen molar-refractivity contribution >= 4 is 5.69 Å². The quantitative estimate of drug-likeness (QED) is 0.677. The maximum absolute atomic E-state index is 9.94. The van der Waals surface area contributed by atoms with Crippen molar-refractivity contribution in [3.63, 3.8) is 0 Å². The van der Waals surface area contributed by atoms with E-state index in [9.17, 15) is 10.4 Å². The summed E-state index contributed by atoms with van der Waals surface area (Å²) in [7, 11) is 0. The second kappa shape index (κ2) is 9.45. The molecule has 1 fully saturated rings. The molecule has 1 aliphatic carbocycles. The zero-order valence-electron chi connectivity index (χ0n) is 14.6. The number of aliphatic hydroxyl groups is 1. The van der Waals surface area contributed by atoms with Gasteiger partial charge in [0.15, 0.2) is 0 Å². The van der Waals surface area contributed by atoms with E-state index in [0.29, 0.717) is 24.2 Å². The molecule has 0 bridgehead atoms. The van der Waals surface area contributed by atoms with Crippen molar-refractivity contribution < 1.29 is 9.84 Å². The first-order chi connectivity index (χ1) is 11.6. The number of anilines is 1. The molecule has 132 valence electrons. The molecule has 0 amide bonds. The van der Waals surface area contributed by atoms with E-state index in [1.54, 1.807) is 6.20 Å². The minimum absolute atomic E-state index is 0.105. The number of aromatic nitrogens is 1. The number of nitrogens with one attached hydrogen (secondary N) is 2. The van der Waals surface area contributed by atoms with Crippen molar-refractivity contribution in [2.45, 2.75) is 64.1 Å². The summed E-state index contributed by atoms with van der Waals surface area (Å²) in [6, 6.07) is 4.70. The Hall–Kier alpha value is -1.84. The van der Waals surface area contributed by atoms with Gasteiger partial charge in [-0.05, 0) is 18.9 Å². The third-order valence-corrected chi connectivity index (χ3v) is 4.17. The van der Waals surface area contributed by atoms with Crippen LogP contribution in [0.25, 0.3) is 0 Å². The molecule has 1 aromatic rings. The van der Waals surface area contributed by atoms with Crippen LogP contribution in [0.4, 0.5) is 5.69 Å². The smallest absolute Gasteiger partial charge is 0.233 e. The number of rotatable bonds is 8. The average Bonchev–Trinajstić information content (AvgIpc) is 2.59. The first kappa shape index (κ1) is 18.5. The van der Waals surface area contributed by atoms with Crippen LogP contribution in [0.5, 0.6) is 5.88 Å². The third kappa shape index (κ3) is 5.66. The summed E-state index contributed by atoms with van der Waals surface area (Å²) in [5.41, 5.74) is 1.18. The molecule has 1 aromatic heterocycles. The summed E-state index contributed by atoms with van der Waals surface area (Å²) in [5.74, 6) is 0.280. The Morgan fingerprint density at radius 3 is 2.79 bits per heavy atom. The van der Waals surface area contributed by atoms with Crippen LogP contribution in [0.3, 0.4) is 0 Å². The summed E-state index contributed by atoms with van der Waals surface area (Å²) in [6.45, 7) is 4.58. The van der Waals surface area contributed by atoms with Crippen molar-refractivity contribution in [1.29, 1.82) is 5.26 Å². The van der Waals surface area contributed by atoms with E-state index in [-0.39, 0.29) is 12.5 Å². The monoisotopic (exact) mass is 332 g/mol. The summed E-state index contributed by atoms with van der Waals surface area (Å²) >= 11 is 0. The van der Waals surface area contributed by atoms with Gasteiger partial charge in [-0.25, -0.2) is 4.98 Å². The molecule has 24 heavy (non-hydrogen) atoms. The van der Waals surface area contributed by atoms with Gasteiger partial charge in [-0.1, -0.05) is 33.1 Å². The summed E-state index contributed by atoms with van der Waals surface area (Å²) in [4.78, 5) is 4.15. The first-order valence-electron chi connectivity index (χ1n) is 8.80. The maximum Gasteiger partial charge on any atom is 0.233 e. The number of hydrogen-bond acceptors (Lipinski definition) is 6. The summed E-state index contributed by atoms with van der Waals surface area (Å²) in [5, 5.41) is 26.0. The van der Waals surface area contributed by atoms with Gasteiger partial charge < -0.3 is 20.5 Å². The fourth-order valence-corrected chi connectivity index (χ4v) is 2.85. The Morgan fingerprint density at radius 2 is 2.12 bits per heavy atom. The van der Waals surface area contributed by atoms with Gasteiger partial charge in [-0.15, -0.1) is 0 Å². The normalized spacial score (nSPS) is 16.6. The van der Waals surface area contributed by atoms with Crippen LogP contribution in [0.2, 0.25) is 0 Å². The van der Waals surface area contributed by atoms with Crippen molar-refractivity contribution in [2.75, 3.05) is 18.5 Å². The van der Waals surface area contributed by atoms with E-state index in [0.717, 1.165) is 18.5 Å². The van der Waals surface area contributed by atoms with Gasteiger partial charge in [-0.3, -0.25) is 0 Å². The Kier molecular flexibility index (Phi) is 7.29. The van der Waals surface area contributed by atoms with Gasteiger partial charge in [-0.2, -0.15) is 5.26 Å². The Morgan fingerprint density at radius 1 is 1.38 bits per heavy atom. The maximum atomic E-state index is 9.94. The van der Waals surface area contributed by atoms with Crippen LogP contribution in [-0.2, 0) is 0 Å². The topological polar surface area (TPSA) is 90.2 Å². The van der Waals surface area contributed by atoms with Crippen molar-refractivity contribution in [3.05, 3.63) is 17.8 Å². The van der Waals surface area contributed by atoms with Crippen LogP contribution in [0, 0.1) is 11.3 Å². The molecule has 0 spiro atoms. The Labute approximate surface area is 144 Å². The third-order valence-electron chi connectivity index (χ3n) is 4.17. The van der Waals surface area contributed by atoms with Gasteiger partial charge >= 0.3 is 0 Å².